The number of fused-ring (bicyclic) bond motifs is 1. The smallest absolute Gasteiger partial charge is 0.251 e. The van der Waals surface area contributed by atoms with Crippen LogP contribution in [0.1, 0.15) is 54.8 Å². The second-order valence-corrected chi connectivity index (χ2v) is 7.11. The third-order valence-corrected chi connectivity index (χ3v) is 5.46. The Labute approximate surface area is 150 Å². The molecule has 25 heavy (non-hydrogen) atoms. The van der Waals surface area contributed by atoms with Crippen LogP contribution in [0.15, 0.2) is 40.8 Å². The van der Waals surface area contributed by atoms with Crippen LogP contribution in [0.4, 0.5) is 0 Å². The van der Waals surface area contributed by atoms with Gasteiger partial charge < -0.3 is 4.57 Å². The molecule has 0 unspecified atom stereocenters. The second kappa shape index (κ2) is 7.81. The lowest BCUT2D eigenvalue weighted by molar-refractivity contribution is 0.667. The second-order valence-electron chi connectivity index (χ2n) is 7.11. The van der Waals surface area contributed by atoms with Gasteiger partial charge in [0.1, 0.15) is 0 Å². The van der Waals surface area contributed by atoms with Gasteiger partial charge >= 0.3 is 0 Å². The van der Waals surface area contributed by atoms with E-state index in [4.69, 9.17) is 0 Å². The number of aryl methyl sites for hydroxylation is 3. The molecule has 0 spiro atoms. The Kier molecular flexibility index (Phi) is 5.52. The van der Waals surface area contributed by atoms with Gasteiger partial charge in [0.05, 0.1) is 0 Å². The maximum absolute atomic E-state index is 12.2. The molecule has 0 aliphatic heterocycles. The fourth-order valence-corrected chi connectivity index (χ4v) is 3.73. The van der Waals surface area contributed by atoms with Gasteiger partial charge in [-0.05, 0) is 82.1 Å². The summed E-state index contributed by atoms with van der Waals surface area (Å²) in [6.45, 7) is 6.82. The first-order valence-corrected chi connectivity index (χ1v) is 9.37. The molecule has 0 fully saturated rings. The molecular weight excluding hydrogens is 308 g/mol. The van der Waals surface area contributed by atoms with Crippen LogP contribution in [-0.4, -0.2) is 9.55 Å². The molecule has 0 saturated heterocycles. The minimum Gasteiger partial charge on any atom is -0.309 e. The molecule has 132 valence electrons. The maximum Gasteiger partial charge on any atom is 0.251 e. The molecule has 2 heterocycles. The van der Waals surface area contributed by atoms with Gasteiger partial charge in [0.2, 0.25) is 0 Å². The first kappa shape index (κ1) is 17.7. The van der Waals surface area contributed by atoms with Crippen molar-refractivity contribution in [2.75, 3.05) is 0 Å². The molecule has 0 radical (unpaired) electrons. The van der Waals surface area contributed by atoms with Crippen LogP contribution in [0.2, 0.25) is 0 Å². The maximum atomic E-state index is 12.2. The molecule has 3 heteroatoms. The highest BCUT2D eigenvalue weighted by molar-refractivity contribution is 5.33. The molecule has 0 amide bonds. The van der Waals surface area contributed by atoms with Crippen LogP contribution in [0.25, 0.3) is 0 Å². The van der Waals surface area contributed by atoms with Crippen LogP contribution in [0.3, 0.4) is 0 Å². The van der Waals surface area contributed by atoms with E-state index < -0.39 is 0 Å². The zero-order valence-electron chi connectivity index (χ0n) is 15.6. The summed E-state index contributed by atoms with van der Waals surface area (Å²) in [5.74, 6) is 0. The minimum atomic E-state index is 0.0812. The molecule has 1 aliphatic carbocycles. The van der Waals surface area contributed by atoms with Gasteiger partial charge in [0.25, 0.3) is 5.56 Å². The number of pyridine rings is 2. The lowest BCUT2D eigenvalue weighted by atomic mass is 9.89. The van der Waals surface area contributed by atoms with Crippen molar-refractivity contribution in [3.8, 4) is 0 Å². The quantitative estimate of drug-likeness (QED) is 0.768. The molecule has 0 N–H and O–H groups in total. The highest BCUT2D eigenvalue weighted by atomic mass is 16.1. The van der Waals surface area contributed by atoms with E-state index in [1.54, 1.807) is 6.07 Å². The van der Waals surface area contributed by atoms with Crippen LogP contribution in [0.5, 0.6) is 0 Å². The largest absolute Gasteiger partial charge is 0.309 e. The summed E-state index contributed by atoms with van der Waals surface area (Å²) < 4.78 is 1.89. The summed E-state index contributed by atoms with van der Waals surface area (Å²) in [6.07, 6.45) is 10.8. The third kappa shape index (κ3) is 3.92. The predicted octanol–water partition coefficient (Wildman–Crippen LogP) is 4.18. The first-order chi connectivity index (χ1) is 12.1. The van der Waals surface area contributed by atoms with Gasteiger partial charge in [-0.1, -0.05) is 17.7 Å². The number of hydrogen-bond acceptors (Lipinski definition) is 2. The molecule has 1 aliphatic rings. The average molecular weight is 336 g/mol. The topological polar surface area (TPSA) is 34.9 Å². The molecule has 0 aromatic carbocycles. The summed E-state index contributed by atoms with van der Waals surface area (Å²) in [6, 6.07) is 5.89. The van der Waals surface area contributed by atoms with Crippen molar-refractivity contribution in [1.29, 1.82) is 0 Å². The minimum absolute atomic E-state index is 0.0812. The molecule has 3 rings (SSSR count). The Balaban J connectivity index is 1.83. The first-order valence-electron chi connectivity index (χ1n) is 9.37. The Morgan fingerprint density at radius 3 is 2.80 bits per heavy atom. The predicted molar refractivity (Wildman–Crippen MR) is 103 cm³/mol. The molecule has 0 atom stereocenters. The highest BCUT2D eigenvalue weighted by Crippen LogP contribution is 2.24. The monoisotopic (exact) mass is 336 g/mol. The van der Waals surface area contributed by atoms with E-state index in [1.165, 1.54) is 47.2 Å². The molecule has 2 aromatic rings. The standard InChI is InChI=1S/C22H28N2O/c1-4-16(2)15-24-17(3)18(10-12-22(24)25)9-11-21-20-8-6-5-7-19(20)13-14-23-21/h4,10,12-14H,5-9,11,15H2,1-3H3. The van der Waals surface area contributed by atoms with Gasteiger partial charge in [-0.3, -0.25) is 9.78 Å². The van der Waals surface area contributed by atoms with Crippen LogP contribution in [-0.2, 0) is 32.2 Å². The molecule has 3 nitrogen and oxygen atoms in total. The van der Waals surface area contributed by atoms with Crippen molar-refractivity contribution in [2.24, 2.45) is 0 Å². The summed E-state index contributed by atoms with van der Waals surface area (Å²) in [7, 11) is 0. The van der Waals surface area contributed by atoms with Gasteiger partial charge in [0, 0.05) is 30.2 Å². The van der Waals surface area contributed by atoms with Crippen molar-refractivity contribution in [3.63, 3.8) is 0 Å². The summed E-state index contributed by atoms with van der Waals surface area (Å²) >= 11 is 0. The number of allylic oxidation sites excluding steroid dienone is 2. The van der Waals surface area contributed by atoms with E-state index in [9.17, 15) is 4.79 Å². The molecular formula is C22H28N2O. The molecule has 0 bridgehead atoms. The molecule has 0 saturated carbocycles. The summed E-state index contributed by atoms with van der Waals surface area (Å²) in [5.41, 5.74) is 7.83. The number of nitrogens with zero attached hydrogens (tertiary/aromatic N) is 2. The Morgan fingerprint density at radius 2 is 2.00 bits per heavy atom. The van der Waals surface area contributed by atoms with Crippen LogP contribution < -0.4 is 5.56 Å². The zero-order valence-corrected chi connectivity index (χ0v) is 15.6. The number of rotatable bonds is 5. The van der Waals surface area contributed by atoms with Crippen LogP contribution >= 0.6 is 0 Å². The Bertz CT molecular complexity index is 846. The van der Waals surface area contributed by atoms with E-state index >= 15 is 0 Å². The zero-order chi connectivity index (χ0) is 17.8. The van der Waals surface area contributed by atoms with E-state index in [2.05, 4.69) is 31.0 Å². The lowest BCUT2D eigenvalue weighted by Gasteiger charge is -2.19. The highest BCUT2D eigenvalue weighted by Gasteiger charge is 2.14. The van der Waals surface area contributed by atoms with E-state index in [1.807, 2.05) is 23.8 Å². The fraction of sp³-hybridized carbons (Fsp3) is 0.455. The Morgan fingerprint density at radius 1 is 1.20 bits per heavy atom. The van der Waals surface area contributed by atoms with Gasteiger partial charge in [-0.15, -0.1) is 0 Å². The molecule has 2 aromatic heterocycles. The van der Waals surface area contributed by atoms with Crippen molar-refractivity contribution in [3.05, 3.63) is 74.5 Å². The fourth-order valence-electron chi connectivity index (χ4n) is 3.73. The Hall–Kier alpha value is -2.16. The number of hydrogen-bond donors (Lipinski definition) is 0. The summed E-state index contributed by atoms with van der Waals surface area (Å²) in [5, 5.41) is 0. The normalized spacial score (nSPS) is 14.4. The van der Waals surface area contributed by atoms with E-state index in [0.717, 1.165) is 25.0 Å². The summed E-state index contributed by atoms with van der Waals surface area (Å²) in [4.78, 5) is 16.9. The van der Waals surface area contributed by atoms with E-state index in [0.29, 0.717) is 6.54 Å². The SMILES string of the molecule is CC=C(C)Cn1c(C)c(CCc2nccc3c2CCCC3)ccc1=O. The lowest BCUT2D eigenvalue weighted by Crippen LogP contribution is -2.23. The van der Waals surface area contributed by atoms with Gasteiger partial charge in [0.15, 0.2) is 0 Å². The average Bonchev–Trinajstić information content (AvgIpc) is 2.64. The van der Waals surface area contributed by atoms with Crippen LogP contribution in [0, 0.1) is 6.92 Å². The van der Waals surface area contributed by atoms with Crippen molar-refractivity contribution >= 4 is 0 Å². The van der Waals surface area contributed by atoms with Crippen molar-refractivity contribution < 1.29 is 0 Å². The van der Waals surface area contributed by atoms with Crippen molar-refractivity contribution in [1.82, 2.24) is 9.55 Å². The van der Waals surface area contributed by atoms with Crippen molar-refractivity contribution in [2.45, 2.75) is 65.8 Å². The van der Waals surface area contributed by atoms with Gasteiger partial charge in [-0.2, -0.15) is 0 Å². The van der Waals surface area contributed by atoms with Gasteiger partial charge in [-0.25, -0.2) is 0 Å². The number of aromatic nitrogens is 2. The third-order valence-electron chi connectivity index (χ3n) is 5.46. The van der Waals surface area contributed by atoms with E-state index in [-0.39, 0.29) is 5.56 Å².